The predicted molar refractivity (Wildman–Crippen MR) is 104 cm³/mol. The number of halogens is 1. The third kappa shape index (κ3) is 5.07. The second-order valence-electron chi connectivity index (χ2n) is 6.21. The van der Waals surface area contributed by atoms with E-state index in [-0.39, 0.29) is 5.97 Å². The first-order chi connectivity index (χ1) is 12.6. The summed E-state index contributed by atoms with van der Waals surface area (Å²) in [6.07, 6.45) is 1.83. The van der Waals surface area contributed by atoms with Gasteiger partial charge in [0, 0.05) is 37.7 Å². The van der Waals surface area contributed by atoms with Crippen molar-refractivity contribution in [3.05, 3.63) is 70.2 Å². The number of rotatable bonds is 5. The third-order valence-electron chi connectivity index (χ3n) is 4.37. The molecule has 136 valence electrons. The molecule has 0 atom stereocenters. The molecule has 2 aromatic carbocycles. The van der Waals surface area contributed by atoms with Crippen LogP contribution in [0.15, 0.2) is 53.6 Å². The Labute approximate surface area is 158 Å². The van der Waals surface area contributed by atoms with E-state index >= 15 is 0 Å². The number of hydrogen-bond acceptors (Lipinski definition) is 5. The minimum atomic E-state index is -0.328. The van der Waals surface area contributed by atoms with Crippen molar-refractivity contribution in [2.45, 2.75) is 6.54 Å². The smallest absolute Gasteiger partial charge is 0.337 e. The van der Waals surface area contributed by atoms with Gasteiger partial charge in [-0.25, -0.2) is 4.79 Å². The Hall–Kier alpha value is -2.37. The number of benzene rings is 2. The highest BCUT2D eigenvalue weighted by molar-refractivity contribution is 6.30. The predicted octanol–water partition coefficient (Wildman–Crippen LogP) is 3.28. The van der Waals surface area contributed by atoms with Gasteiger partial charge < -0.3 is 4.74 Å². The van der Waals surface area contributed by atoms with Crippen molar-refractivity contribution in [1.29, 1.82) is 0 Å². The highest BCUT2D eigenvalue weighted by atomic mass is 35.5. The van der Waals surface area contributed by atoms with Crippen LogP contribution in [0, 0.1) is 0 Å². The van der Waals surface area contributed by atoms with Crippen molar-refractivity contribution >= 4 is 23.8 Å². The van der Waals surface area contributed by atoms with Gasteiger partial charge in [0.25, 0.3) is 0 Å². The number of methoxy groups -OCH3 is 1. The van der Waals surface area contributed by atoms with Crippen molar-refractivity contribution in [3.63, 3.8) is 0 Å². The van der Waals surface area contributed by atoms with Gasteiger partial charge in [-0.15, -0.1) is 0 Å². The van der Waals surface area contributed by atoms with E-state index in [9.17, 15) is 4.79 Å². The number of carbonyl (C=O) groups is 1. The zero-order valence-electron chi connectivity index (χ0n) is 14.8. The molecule has 1 fully saturated rings. The van der Waals surface area contributed by atoms with Crippen molar-refractivity contribution in [2.75, 3.05) is 33.3 Å². The Morgan fingerprint density at radius 1 is 1.08 bits per heavy atom. The summed E-state index contributed by atoms with van der Waals surface area (Å²) < 4.78 is 4.70. The summed E-state index contributed by atoms with van der Waals surface area (Å²) >= 11 is 5.93. The van der Waals surface area contributed by atoms with Gasteiger partial charge in [0.2, 0.25) is 0 Å². The van der Waals surface area contributed by atoms with E-state index < -0.39 is 0 Å². The molecule has 3 rings (SSSR count). The molecule has 0 amide bonds. The number of hydrogen-bond donors (Lipinski definition) is 0. The van der Waals surface area contributed by atoms with Crippen LogP contribution in [-0.2, 0) is 11.3 Å². The minimum Gasteiger partial charge on any atom is -0.465 e. The van der Waals surface area contributed by atoms with Crippen LogP contribution < -0.4 is 0 Å². The topological polar surface area (TPSA) is 45.1 Å². The summed E-state index contributed by atoms with van der Waals surface area (Å²) in [4.78, 5) is 13.9. The number of ether oxygens (including phenoxy) is 1. The zero-order valence-corrected chi connectivity index (χ0v) is 15.5. The van der Waals surface area contributed by atoms with Gasteiger partial charge in [0.05, 0.1) is 18.9 Å². The molecule has 5 nitrogen and oxygen atoms in total. The fraction of sp³-hybridized carbons (Fsp3) is 0.300. The fourth-order valence-electron chi connectivity index (χ4n) is 2.83. The first-order valence-electron chi connectivity index (χ1n) is 8.58. The number of nitrogens with zero attached hydrogens (tertiary/aromatic N) is 3. The van der Waals surface area contributed by atoms with Gasteiger partial charge in [-0.2, -0.15) is 5.10 Å². The fourth-order valence-corrected chi connectivity index (χ4v) is 2.96. The monoisotopic (exact) mass is 371 g/mol. The SMILES string of the molecule is COC(=O)c1ccc(/C=N\N2CCN(Cc3ccc(Cl)cc3)CC2)cc1. The Morgan fingerprint density at radius 3 is 2.35 bits per heavy atom. The van der Waals surface area contributed by atoms with E-state index in [0.717, 1.165) is 43.3 Å². The molecule has 0 N–H and O–H groups in total. The van der Waals surface area contributed by atoms with Gasteiger partial charge in [0.1, 0.15) is 0 Å². The van der Waals surface area contributed by atoms with Gasteiger partial charge in [-0.1, -0.05) is 35.9 Å². The van der Waals surface area contributed by atoms with Crippen LogP contribution in [0.5, 0.6) is 0 Å². The van der Waals surface area contributed by atoms with Crippen molar-refractivity contribution in [1.82, 2.24) is 9.91 Å². The molecule has 1 aliphatic rings. The number of piperazine rings is 1. The van der Waals surface area contributed by atoms with Gasteiger partial charge in [-0.3, -0.25) is 9.91 Å². The molecule has 1 heterocycles. The van der Waals surface area contributed by atoms with Crippen LogP contribution in [-0.4, -0.2) is 55.4 Å². The summed E-state index contributed by atoms with van der Waals surface area (Å²) in [7, 11) is 1.38. The van der Waals surface area contributed by atoms with Gasteiger partial charge >= 0.3 is 5.97 Å². The Kier molecular flexibility index (Phi) is 6.26. The average molecular weight is 372 g/mol. The minimum absolute atomic E-state index is 0.328. The maximum atomic E-state index is 11.4. The lowest BCUT2D eigenvalue weighted by molar-refractivity contribution is 0.0600. The van der Waals surface area contributed by atoms with E-state index in [2.05, 4.69) is 27.1 Å². The molecule has 0 aliphatic carbocycles. The molecule has 1 aliphatic heterocycles. The zero-order chi connectivity index (χ0) is 18.4. The Balaban J connectivity index is 1.48. The molecular weight excluding hydrogens is 350 g/mol. The standard InChI is InChI=1S/C20H22ClN3O2/c1-26-20(25)18-6-2-16(3-7-18)14-22-24-12-10-23(11-13-24)15-17-4-8-19(21)9-5-17/h2-9,14H,10-13,15H2,1H3/b22-14-. The van der Waals surface area contributed by atoms with Crippen molar-refractivity contribution < 1.29 is 9.53 Å². The van der Waals surface area contributed by atoms with Crippen LogP contribution in [0.4, 0.5) is 0 Å². The second-order valence-corrected chi connectivity index (χ2v) is 6.65. The molecule has 0 radical (unpaired) electrons. The number of esters is 1. The van der Waals surface area contributed by atoms with Crippen LogP contribution in [0.25, 0.3) is 0 Å². The number of carbonyl (C=O) groups excluding carboxylic acids is 1. The lowest BCUT2D eigenvalue weighted by atomic mass is 10.1. The molecule has 0 spiro atoms. The molecule has 26 heavy (non-hydrogen) atoms. The molecule has 0 bridgehead atoms. The summed E-state index contributed by atoms with van der Waals surface area (Å²) in [6, 6.07) is 15.2. The van der Waals surface area contributed by atoms with Gasteiger partial charge in [-0.05, 0) is 35.4 Å². The largest absolute Gasteiger partial charge is 0.465 e. The maximum Gasteiger partial charge on any atom is 0.337 e. The lowest BCUT2D eigenvalue weighted by Gasteiger charge is -2.33. The summed E-state index contributed by atoms with van der Waals surface area (Å²) in [5.41, 5.74) is 2.78. The normalized spacial score (nSPS) is 15.4. The Bertz CT molecular complexity index is 752. The van der Waals surface area contributed by atoms with Crippen LogP contribution in [0.2, 0.25) is 5.02 Å². The first-order valence-corrected chi connectivity index (χ1v) is 8.96. The number of hydrazone groups is 1. The van der Waals surface area contributed by atoms with Crippen LogP contribution in [0.1, 0.15) is 21.5 Å². The quantitative estimate of drug-likeness (QED) is 0.597. The van der Waals surface area contributed by atoms with Crippen molar-refractivity contribution in [3.8, 4) is 0 Å². The van der Waals surface area contributed by atoms with E-state index in [1.807, 2.05) is 30.5 Å². The molecule has 1 saturated heterocycles. The molecule has 0 aromatic heterocycles. The highest BCUT2D eigenvalue weighted by Gasteiger charge is 2.15. The van der Waals surface area contributed by atoms with Crippen LogP contribution >= 0.6 is 11.6 Å². The lowest BCUT2D eigenvalue weighted by Crippen LogP contribution is -2.43. The highest BCUT2D eigenvalue weighted by Crippen LogP contribution is 2.13. The molecule has 0 saturated carbocycles. The summed E-state index contributed by atoms with van der Waals surface area (Å²) in [5, 5.41) is 7.40. The molecular formula is C20H22ClN3O2. The van der Waals surface area contributed by atoms with Crippen molar-refractivity contribution in [2.24, 2.45) is 5.10 Å². The van der Waals surface area contributed by atoms with E-state index in [1.165, 1.54) is 12.7 Å². The summed E-state index contributed by atoms with van der Waals surface area (Å²) in [5.74, 6) is -0.328. The second kappa shape index (κ2) is 8.83. The average Bonchev–Trinajstić information content (AvgIpc) is 2.69. The molecule has 0 unspecified atom stereocenters. The first kappa shape index (κ1) is 18.4. The molecule has 6 heteroatoms. The summed E-state index contributed by atoms with van der Waals surface area (Å²) in [6.45, 7) is 4.67. The third-order valence-corrected chi connectivity index (χ3v) is 4.62. The maximum absolute atomic E-state index is 11.4. The van der Waals surface area contributed by atoms with Gasteiger partial charge in [0.15, 0.2) is 0 Å². The van der Waals surface area contributed by atoms with E-state index in [0.29, 0.717) is 5.56 Å². The van der Waals surface area contributed by atoms with Crippen LogP contribution in [0.3, 0.4) is 0 Å². The molecule has 2 aromatic rings. The van der Waals surface area contributed by atoms with E-state index in [1.54, 1.807) is 12.1 Å². The van der Waals surface area contributed by atoms with E-state index in [4.69, 9.17) is 16.3 Å². The Morgan fingerprint density at radius 2 is 1.73 bits per heavy atom.